The molecule has 0 N–H and O–H groups in total. The average Bonchev–Trinajstić information content (AvgIpc) is 3.18. The predicted octanol–water partition coefficient (Wildman–Crippen LogP) is 2.89. The Balaban J connectivity index is 1.47. The summed E-state index contributed by atoms with van der Waals surface area (Å²) < 4.78 is 28.2. The normalized spacial score (nSPS) is 16.1. The first kappa shape index (κ1) is 20.9. The fourth-order valence-electron chi connectivity index (χ4n) is 3.80. The summed E-state index contributed by atoms with van der Waals surface area (Å²) in [5.74, 6) is -0.252. The molecule has 0 saturated heterocycles. The first-order valence-electron chi connectivity index (χ1n) is 10.1. The zero-order valence-electron chi connectivity index (χ0n) is 17.9. The van der Waals surface area contributed by atoms with Gasteiger partial charge < -0.3 is 9.80 Å². The van der Waals surface area contributed by atoms with Crippen LogP contribution in [-0.4, -0.2) is 45.8 Å². The highest BCUT2D eigenvalue weighted by molar-refractivity contribution is 6.04. The number of halogens is 2. The molecule has 3 aromatic rings. The van der Waals surface area contributed by atoms with Crippen molar-refractivity contribution in [3.63, 3.8) is 0 Å². The number of aryl methyl sites for hydroxylation is 3. The molecule has 7 nitrogen and oxygen atoms in total. The average molecular weight is 426 g/mol. The van der Waals surface area contributed by atoms with Gasteiger partial charge in [0.2, 0.25) is 5.91 Å². The molecule has 0 bridgehead atoms. The third-order valence-electron chi connectivity index (χ3n) is 5.68. The minimum Gasteiger partial charge on any atom is -0.346 e. The van der Waals surface area contributed by atoms with Crippen molar-refractivity contribution < 1.29 is 13.6 Å². The summed E-state index contributed by atoms with van der Waals surface area (Å²) in [6.45, 7) is 4.10. The summed E-state index contributed by atoms with van der Waals surface area (Å²) in [4.78, 5) is 25.2. The van der Waals surface area contributed by atoms with E-state index in [-0.39, 0.29) is 11.9 Å². The lowest BCUT2D eigenvalue weighted by molar-refractivity contribution is -0.119. The number of likely N-dealkylation sites (N-methyl/N-ethyl adjacent to an activating group) is 2. The van der Waals surface area contributed by atoms with Crippen LogP contribution in [0.5, 0.6) is 0 Å². The summed E-state index contributed by atoms with van der Waals surface area (Å²) in [5.41, 5.74) is 3.14. The first-order chi connectivity index (χ1) is 14.7. The summed E-state index contributed by atoms with van der Waals surface area (Å²) in [5, 5.41) is 4.31. The van der Waals surface area contributed by atoms with Gasteiger partial charge in [-0.05, 0) is 43.5 Å². The second-order valence-electron chi connectivity index (χ2n) is 7.88. The van der Waals surface area contributed by atoms with Crippen molar-refractivity contribution in [2.75, 3.05) is 23.9 Å². The van der Waals surface area contributed by atoms with E-state index >= 15 is 0 Å². The van der Waals surface area contributed by atoms with Gasteiger partial charge in [-0.3, -0.25) is 9.48 Å². The van der Waals surface area contributed by atoms with Crippen molar-refractivity contribution in [2.24, 2.45) is 0 Å². The second kappa shape index (κ2) is 8.05. The molecular weight excluding hydrogens is 402 g/mol. The number of amides is 1. The van der Waals surface area contributed by atoms with Gasteiger partial charge in [0.25, 0.3) is 0 Å². The highest BCUT2D eigenvalue weighted by Crippen LogP contribution is 2.34. The molecule has 1 aliphatic rings. The molecule has 1 aromatic carbocycles. The summed E-state index contributed by atoms with van der Waals surface area (Å²) >= 11 is 0. The van der Waals surface area contributed by atoms with Crippen LogP contribution in [0.2, 0.25) is 0 Å². The van der Waals surface area contributed by atoms with Crippen molar-refractivity contribution in [2.45, 2.75) is 39.3 Å². The molecule has 0 saturated carbocycles. The van der Waals surface area contributed by atoms with Crippen LogP contribution in [0.3, 0.4) is 0 Å². The standard InChI is InChI=1S/C22H24F2N6O/c1-13-20-21(28(3)14(2)22(31)29(20)4)27-19(26-13)8-6-16-10-25-30(12-16)11-15-5-7-17(23)18(24)9-15/h5,7,9-10,12,14H,6,8,11H2,1-4H3/t14-/m0/s1. The third-order valence-corrected chi connectivity index (χ3v) is 5.68. The van der Waals surface area contributed by atoms with Crippen molar-refractivity contribution in [3.8, 4) is 0 Å². The number of hydrogen-bond donors (Lipinski definition) is 0. The van der Waals surface area contributed by atoms with Crippen molar-refractivity contribution in [1.82, 2.24) is 19.7 Å². The van der Waals surface area contributed by atoms with Gasteiger partial charge in [0, 0.05) is 26.7 Å². The second-order valence-corrected chi connectivity index (χ2v) is 7.88. The predicted molar refractivity (Wildman–Crippen MR) is 113 cm³/mol. The number of carbonyl (C=O) groups is 1. The molecule has 2 aromatic heterocycles. The maximum atomic E-state index is 13.4. The molecule has 1 atom stereocenters. The number of hydrogen-bond acceptors (Lipinski definition) is 5. The van der Waals surface area contributed by atoms with Gasteiger partial charge in [0.1, 0.15) is 17.6 Å². The van der Waals surface area contributed by atoms with E-state index in [9.17, 15) is 13.6 Å². The molecule has 1 aliphatic heterocycles. The van der Waals surface area contributed by atoms with Gasteiger partial charge in [-0.15, -0.1) is 0 Å². The Labute approximate surface area is 179 Å². The number of fused-ring (bicyclic) bond motifs is 1. The molecule has 0 spiro atoms. The Morgan fingerprint density at radius 3 is 2.58 bits per heavy atom. The van der Waals surface area contributed by atoms with Crippen molar-refractivity contribution in [1.29, 1.82) is 0 Å². The Morgan fingerprint density at radius 1 is 1.06 bits per heavy atom. The van der Waals surface area contributed by atoms with E-state index in [0.29, 0.717) is 30.8 Å². The van der Waals surface area contributed by atoms with E-state index in [1.807, 2.05) is 32.0 Å². The monoisotopic (exact) mass is 426 g/mol. The SMILES string of the molecule is Cc1nc(CCc2cnn(Cc3ccc(F)c(F)c3)c2)nc2c1N(C)C(=O)[C@H](C)N2C. The largest absolute Gasteiger partial charge is 0.346 e. The molecule has 9 heteroatoms. The van der Waals surface area contributed by atoms with Crippen LogP contribution >= 0.6 is 0 Å². The van der Waals surface area contributed by atoms with Gasteiger partial charge in [-0.1, -0.05) is 6.07 Å². The number of aromatic nitrogens is 4. The van der Waals surface area contributed by atoms with Crippen molar-refractivity contribution in [3.05, 3.63) is 64.9 Å². The Bertz CT molecular complexity index is 1150. The highest BCUT2D eigenvalue weighted by atomic mass is 19.2. The van der Waals surface area contributed by atoms with Crippen LogP contribution in [0.4, 0.5) is 20.3 Å². The molecule has 1 amide bonds. The van der Waals surface area contributed by atoms with Gasteiger partial charge in [0.15, 0.2) is 17.5 Å². The fourth-order valence-corrected chi connectivity index (χ4v) is 3.80. The van der Waals surface area contributed by atoms with E-state index in [4.69, 9.17) is 4.98 Å². The van der Waals surface area contributed by atoms with E-state index in [2.05, 4.69) is 10.1 Å². The van der Waals surface area contributed by atoms with Crippen LogP contribution in [0.1, 0.15) is 29.6 Å². The minimum atomic E-state index is -0.864. The van der Waals surface area contributed by atoms with E-state index in [1.165, 1.54) is 6.07 Å². The maximum Gasteiger partial charge on any atom is 0.249 e. The first-order valence-corrected chi connectivity index (χ1v) is 10.1. The van der Waals surface area contributed by atoms with E-state index in [1.54, 1.807) is 28.9 Å². The number of benzene rings is 1. The maximum absolute atomic E-state index is 13.4. The zero-order chi connectivity index (χ0) is 22.3. The smallest absolute Gasteiger partial charge is 0.249 e. The lowest BCUT2D eigenvalue weighted by Gasteiger charge is -2.37. The van der Waals surface area contributed by atoms with Gasteiger partial charge in [-0.2, -0.15) is 5.10 Å². The quantitative estimate of drug-likeness (QED) is 0.628. The Morgan fingerprint density at radius 2 is 1.84 bits per heavy atom. The number of nitrogens with zero attached hydrogens (tertiary/aromatic N) is 6. The zero-order valence-corrected chi connectivity index (χ0v) is 17.9. The molecule has 162 valence electrons. The Kier molecular flexibility index (Phi) is 5.43. The Hall–Kier alpha value is -3.36. The fraction of sp³-hybridized carbons (Fsp3) is 0.364. The van der Waals surface area contributed by atoms with Gasteiger partial charge >= 0.3 is 0 Å². The molecule has 0 radical (unpaired) electrons. The topological polar surface area (TPSA) is 67.2 Å². The lowest BCUT2D eigenvalue weighted by atomic mass is 10.1. The van der Waals surface area contributed by atoms with Gasteiger partial charge in [0.05, 0.1) is 18.4 Å². The minimum absolute atomic E-state index is 0.0166. The number of rotatable bonds is 5. The lowest BCUT2D eigenvalue weighted by Crippen LogP contribution is -2.50. The summed E-state index contributed by atoms with van der Waals surface area (Å²) in [6, 6.07) is 3.56. The van der Waals surface area contributed by atoms with Crippen LogP contribution in [0, 0.1) is 18.6 Å². The number of anilines is 2. The highest BCUT2D eigenvalue weighted by Gasteiger charge is 2.34. The molecular formula is C22H24F2N6O. The molecule has 31 heavy (non-hydrogen) atoms. The summed E-state index contributed by atoms with van der Waals surface area (Å²) in [7, 11) is 3.62. The summed E-state index contributed by atoms with van der Waals surface area (Å²) in [6.07, 6.45) is 4.94. The van der Waals surface area contributed by atoms with E-state index < -0.39 is 11.6 Å². The molecule has 0 fully saturated rings. The molecule has 0 unspecified atom stereocenters. The van der Waals surface area contributed by atoms with Crippen LogP contribution < -0.4 is 9.80 Å². The third kappa shape index (κ3) is 3.99. The van der Waals surface area contributed by atoms with Gasteiger partial charge in [-0.25, -0.2) is 18.7 Å². The van der Waals surface area contributed by atoms with E-state index in [0.717, 1.165) is 28.8 Å². The molecule has 4 rings (SSSR count). The van der Waals surface area contributed by atoms with Crippen LogP contribution in [0.25, 0.3) is 0 Å². The van der Waals surface area contributed by atoms with Crippen molar-refractivity contribution >= 4 is 17.4 Å². The molecule has 3 heterocycles. The van der Waals surface area contributed by atoms with Crippen LogP contribution in [-0.2, 0) is 24.2 Å². The van der Waals surface area contributed by atoms with Crippen LogP contribution in [0.15, 0.2) is 30.6 Å². The number of carbonyl (C=O) groups excluding carboxylic acids is 1. The molecule has 0 aliphatic carbocycles.